The highest BCUT2D eigenvalue weighted by molar-refractivity contribution is 8.02. The molecule has 0 aromatic carbocycles. The maximum atomic E-state index is 5.58. The molecule has 0 saturated carbocycles. The van der Waals surface area contributed by atoms with E-state index in [2.05, 4.69) is 25.6 Å². The van der Waals surface area contributed by atoms with Crippen LogP contribution in [-0.2, 0) is 4.74 Å². The van der Waals surface area contributed by atoms with E-state index in [1.54, 1.807) is 15.9 Å². The molecule has 1 aliphatic heterocycles. The number of anilines is 1. The van der Waals surface area contributed by atoms with Crippen LogP contribution >= 0.6 is 34.4 Å². The maximum absolute atomic E-state index is 5.58. The van der Waals surface area contributed by atoms with Crippen LogP contribution in [0.15, 0.2) is 14.9 Å². The summed E-state index contributed by atoms with van der Waals surface area (Å²) in [5.41, 5.74) is 0.979. The zero-order chi connectivity index (χ0) is 14.9. The Morgan fingerprint density at radius 3 is 3.18 bits per heavy atom. The molecule has 7 nitrogen and oxygen atoms in total. The molecule has 1 N–H and O–H groups in total. The Labute approximate surface area is 139 Å². The fourth-order valence-corrected chi connectivity index (χ4v) is 5.17. The zero-order valence-corrected chi connectivity index (χ0v) is 14.3. The summed E-state index contributed by atoms with van der Waals surface area (Å²) in [7, 11) is 0. The topological polar surface area (TPSA) is 77.2 Å². The molecule has 3 aromatic rings. The summed E-state index contributed by atoms with van der Waals surface area (Å²) in [6.07, 6.45) is 4.49. The molecule has 0 radical (unpaired) electrons. The molecule has 1 saturated heterocycles. The van der Waals surface area contributed by atoms with Gasteiger partial charge in [0.2, 0.25) is 10.1 Å². The van der Waals surface area contributed by atoms with Crippen molar-refractivity contribution in [1.82, 2.24) is 24.8 Å². The SMILES string of the molecule is Cc1cn2nc(Sc3nnc(NCC4CCCO4)s3)sc2n1. The summed E-state index contributed by atoms with van der Waals surface area (Å²) in [4.78, 5) is 5.30. The van der Waals surface area contributed by atoms with Crippen molar-refractivity contribution in [2.24, 2.45) is 0 Å². The largest absolute Gasteiger partial charge is 0.376 e. The van der Waals surface area contributed by atoms with Gasteiger partial charge in [-0.15, -0.1) is 15.3 Å². The van der Waals surface area contributed by atoms with Crippen molar-refractivity contribution in [3.8, 4) is 0 Å². The van der Waals surface area contributed by atoms with Crippen molar-refractivity contribution in [3.05, 3.63) is 11.9 Å². The average molecular weight is 354 g/mol. The van der Waals surface area contributed by atoms with Gasteiger partial charge in [0.05, 0.1) is 18.0 Å². The average Bonchev–Trinajstić information content (AvgIpc) is 3.21. The molecular weight excluding hydrogens is 340 g/mol. The Bertz CT molecular complexity index is 743. The van der Waals surface area contributed by atoms with E-state index >= 15 is 0 Å². The van der Waals surface area contributed by atoms with Gasteiger partial charge < -0.3 is 10.1 Å². The number of ether oxygens (including phenoxy) is 1. The molecule has 22 heavy (non-hydrogen) atoms. The lowest BCUT2D eigenvalue weighted by Gasteiger charge is -2.08. The summed E-state index contributed by atoms with van der Waals surface area (Å²) < 4.78 is 9.19. The quantitative estimate of drug-likeness (QED) is 0.755. The maximum Gasteiger partial charge on any atom is 0.213 e. The van der Waals surface area contributed by atoms with Gasteiger partial charge >= 0.3 is 0 Å². The number of nitrogens with zero attached hydrogens (tertiary/aromatic N) is 5. The molecule has 1 fully saturated rings. The molecule has 10 heteroatoms. The smallest absolute Gasteiger partial charge is 0.213 e. The number of aryl methyl sites for hydroxylation is 1. The Balaban J connectivity index is 1.39. The molecule has 1 unspecified atom stereocenters. The van der Waals surface area contributed by atoms with Gasteiger partial charge in [-0.2, -0.15) is 0 Å². The van der Waals surface area contributed by atoms with E-state index in [1.165, 1.54) is 23.1 Å². The first-order valence-electron chi connectivity index (χ1n) is 6.96. The summed E-state index contributed by atoms with van der Waals surface area (Å²) in [5, 5.41) is 17.0. The standard InChI is InChI=1S/C12H14N6OS3/c1-7-6-18-10(14-7)21-12(17-18)22-11-16-15-9(20-11)13-5-8-3-2-4-19-8/h6,8H,2-5H2,1H3,(H,13,15). The van der Waals surface area contributed by atoms with Crippen LogP contribution in [0.4, 0.5) is 5.13 Å². The number of hydrogen-bond donors (Lipinski definition) is 1. The Morgan fingerprint density at radius 2 is 2.36 bits per heavy atom. The molecule has 116 valence electrons. The van der Waals surface area contributed by atoms with Crippen LogP contribution in [0.5, 0.6) is 0 Å². The lowest BCUT2D eigenvalue weighted by molar-refractivity contribution is 0.120. The molecule has 0 bridgehead atoms. The van der Waals surface area contributed by atoms with E-state index in [4.69, 9.17) is 4.74 Å². The minimum absolute atomic E-state index is 0.301. The minimum Gasteiger partial charge on any atom is -0.376 e. The molecular formula is C12H14N6OS3. The first-order valence-corrected chi connectivity index (χ1v) is 9.41. The van der Waals surface area contributed by atoms with Crippen molar-refractivity contribution in [2.45, 2.75) is 34.5 Å². The van der Waals surface area contributed by atoms with Crippen LogP contribution in [-0.4, -0.2) is 44.1 Å². The molecule has 1 atom stereocenters. The van der Waals surface area contributed by atoms with Gasteiger partial charge in [0.15, 0.2) is 8.68 Å². The molecule has 4 heterocycles. The molecule has 1 aliphatic rings. The van der Waals surface area contributed by atoms with Gasteiger partial charge in [-0.05, 0) is 31.5 Å². The lowest BCUT2D eigenvalue weighted by Crippen LogP contribution is -2.18. The van der Waals surface area contributed by atoms with E-state index in [9.17, 15) is 0 Å². The van der Waals surface area contributed by atoms with Crippen molar-refractivity contribution >= 4 is 44.5 Å². The minimum atomic E-state index is 0.301. The highest BCUT2D eigenvalue weighted by atomic mass is 32.2. The number of rotatable bonds is 5. The number of hydrogen-bond acceptors (Lipinski definition) is 9. The van der Waals surface area contributed by atoms with E-state index in [0.29, 0.717) is 6.10 Å². The van der Waals surface area contributed by atoms with Gasteiger partial charge in [-0.3, -0.25) is 0 Å². The van der Waals surface area contributed by atoms with E-state index in [-0.39, 0.29) is 0 Å². The zero-order valence-electron chi connectivity index (χ0n) is 11.9. The second-order valence-corrected chi connectivity index (χ2v) is 8.40. The van der Waals surface area contributed by atoms with E-state index in [0.717, 1.165) is 50.5 Å². The third-order valence-electron chi connectivity index (χ3n) is 3.23. The predicted molar refractivity (Wildman–Crippen MR) is 87.1 cm³/mol. The van der Waals surface area contributed by atoms with E-state index in [1.807, 2.05) is 13.1 Å². The van der Waals surface area contributed by atoms with Crippen molar-refractivity contribution in [3.63, 3.8) is 0 Å². The third-order valence-corrected chi connectivity index (χ3v) is 6.14. The Hall–Kier alpha value is -1.23. The number of imidazole rings is 1. The lowest BCUT2D eigenvalue weighted by atomic mass is 10.2. The second-order valence-electron chi connectivity index (χ2n) is 4.97. The molecule has 3 aromatic heterocycles. The van der Waals surface area contributed by atoms with Gasteiger partial charge in [0.1, 0.15) is 0 Å². The third kappa shape index (κ3) is 3.09. The second kappa shape index (κ2) is 6.11. The van der Waals surface area contributed by atoms with Crippen molar-refractivity contribution < 1.29 is 4.74 Å². The van der Waals surface area contributed by atoms with Crippen LogP contribution in [0, 0.1) is 6.92 Å². The number of fused-ring (bicyclic) bond motifs is 1. The van der Waals surface area contributed by atoms with Crippen molar-refractivity contribution in [1.29, 1.82) is 0 Å². The molecule has 0 amide bonds. The summed E-state index contributed by atoms with van der Waals surface area (Å²) >= 11 is 4.62. The van der Waals surface area contributed by atoms with Gasteiger partial charge in [-0.25, -0.2) is 9.50 Å². The summed E-state index contributed by atoms with van der Waals surface area (Å²) in [6, 6.07) is 0. The first kappa shape index (κ1) is 14.4. The van der Waals surface area contributed by atoms with Gasteiger partial charge in [0.25, 0.3) is 0 Å². The normalized spacial score (nSPS) is 18.3. The number of aromatic nitrogens is 5. The van der Waals surface area contributed by atoms with Crippen LogP contribution in [0.25, 0.3) is 4.96 Å². The van der Waals surface area contributed by atoms with Gasteiger partial charge in [-0.1, -0.05) is 22.7 Å². The van der Waals surface area contributed by atoms with Gasteiger partial charge in [0, 0.05) is 13.2 Å². The summed E-state index contributed by atoms with van der Waals surface area (Å²) in [5.74, 6) is 0. The molecule has 0 spiro atoms. The van der Waals surface area contributed by atoms with Crippen LogP contribution < -0.4 is 5.32 Å². The highest BCUT2D eigenvalue weighted by Crippen LogP contribution is 2.34. The molecule has 4 rings (SSSR count). The fourth-order valence-electron chi connectivity index (χ4n) is 2.24. The monoisotopic (exact) mass is 354 g/mol. The Kier molecular flexibility index (Phi) is 3.99. The fraction of sp³-hybridized carbons (Fsp3) is 0.500. The number of nitrogens with one attached hydrogen (secondary N) is 1. The van der Waals surface area contributed by atoms with Crippen LogP contribution in [0.2, 0.25) is 0 Å². The Morgan fingerprint density at radius 1 is 1.41 bits per heavy atom. The van der Waals surface area contributed by atoms with Crippen LogP contribution in [0.1, 0.15) is 18.5 Å². The van der Waals surface area contributed by atoms with E-state index < -0.39 is 0 Å². The van der Waals surface area contributed by atoms with Crippen LogP contribution in [0.3, 0.4) is 0 Å². The predicted octanol–water partition coefficient (Wildman–Crippen LogP) is 2.69. The first-order chi connectivity index (χ1) is 10.8. The van der Waals surface area contributed by atoms with Crippen molar-refractivity contribution in [2.75, 3.05) is 18.5 Å². The molecule has 0 aliphatic carbocycles. The summed E-state index contributed by atoms with van der Waals surface area (Å²) in [6.45, 7) is 3.63. The highest BCUT2D eigenvalue weighted by Gasteiger charge is 2.16.